The number of aliphatic imine (C=N–C) groups is 1. The van der Waals surface area contributed by atoms with Crippen molar-refractivity contribution in [2.45, 2.75) is 18.8 Å². The molecule has 0 aliphatic carbocycles. The minimum Gasteiger partial charge on any atom is -0.489 e. The predicted molar refractivity (Wildman–Crippen MR) is 110 cm³/mol. The van der Waals surface area contributed by atoms with Crippen LogP contribution in [0.4, 0.5) is 0 Å². The summed E-state index contributed by atoms with van der Waals surface area (Å²) in [5.74, 6) is -0.213. The van der Waals surface area contributed by atoms with Crippen LogP contribution < -0.4 is 10.1 Å². The van der Waals surface area contributed by atoms with Crippen molar-refractivity contribution < 1.29 is 19.1 Å². The Balaban J connectivity index is 1.61. The maximum Gasteiger partial charge on any atom is 0.321 e. The van der Waals surface area contributed by atoms with Gasteiger partial charge in [-0.2, -0.15) is 0 Å². The Morgan fingerprint density at radius 2 is 2.04 bits per heavy atom. The third-order valence-corrected chi connectivity index (χ3v) is 5.11. The van der Waals surface area contributed by atoms with Crippen LogP contribution >= 0.6 is 23.4 Å². The summed E-state index contributed by atoms with van der Waals surface area (Å²) in [5, 5.41) is 3.05. The molecule has 1 aliphatic heterocycles. The van der Waals surface area contributed by atoms with Gasteiger partial charge in [0, 0.05) is 10.6 Å². The van der Waals surface area contributed by atoms with Gasteiger partial charge in [-0.05, 0) is 30.7 Å². The van der Waals surface area contributed by atoms with Gasteiger partial charge in [0.25, 0.3) is 5.91 Å². The van der Waals surface area contributed by atoms with Gasteiger partial charge in [-0.3, -0.25) is 14.6 Å². The number of thioether (sulfide) groups is 1. The van der Waals surface area contributed by atoms with Gasteiger partial charge in [0.15, 0.2) is 5.17 Å². The summed E-state index contributed by atoms with van der Waals surface area (Å²) in [7, 11) is 0. The minimum atomic E-state index is -0.431. The fourth-order valence-corrected chi connectivity index (χ4v) is 3.60. The van der Waals surface area contributed by atoms with E-state index in [1.165, 1.54) is 11.8 Å². The molecule has 8 heteroatoms. The van der Waals surface area contributed by atoms with Crippen molar-refractivity contribution in [2.75, 3.05) is 13.2 Å². The molecule has 0 saturated carbocycles. The molecule has 0 bridgehead atoms. The fourth-order valence-electron chi connectivity index (χ4n) is 2.49. The lowest BCUT2D eigenvalue weighted by atomic mass is 10.2. The van der Waals surface area contributed by atoms with Crippen LogP contribution in [0, 0.1) is 0 Å². The summed E-state index contributed by atoms with van der Waals surface area (Å²) in [6.45, 7) is 2.70. The molecule has 0 fully saturated rings. The van der Waals surface area contributed by atoms with Crippen molar-refractivity contribution in [1.29, 1.82) is 0 Å². The van der Waals surface area contributed by atoms with E-state index in [0.29, 0.717) is 34.7 Å². The molecule has 0 spiro atoms. The molecule has 1 atom stereocenters. The summed E-state index contributed by atoms with van der Waals surface area (Å²) in [6, 6.07) is 14.5. The van der Waals surface area contributed by atoms with Gasteiger partial charge in [-0.25, -0.2) is 0 Å². The van der Waals surface area contributed by atoms with E-state index in [1.807, 2.05) is 30.3 Å². The van der Waals surface area contributed by atoms with E-state index < -0.39 is 5.25 Å². The molecule has 0 saturated heterocycles. The van der Waals surface area contributed by atoms with Gasteiger partial charge in [-0.15, -0.1) is 0 Å². The lowest BCUT2D eigenvalue weighted by Gasteiger charge is -2.10. The van der Waals surface area contributed by atoms with Gasteiger partial charge in [-0.1, -0.05) is 53.7 Å². The maximum atomic E-state index is 12.5. The van der Waals surface area contributed by atoms with Crippen LogP contribution in [0.2, 0.25) is 5.02 Å². The smallest absolute Gasteiger partial charge is 0.321 e. The summed E-state index contributed by atoms with van der Waals surface area (Å²) >= 11 is 7.31. The number of amidine groups is 1. The van der Waals surface area contributed by atoms with Crippen LogP contribution in [0.5, 0.6) is 5.75 Å². The second-order valence-corrected chi connectivity index (χ2v) is 7.54. The SMILES string of the molecule is CCOC(=O)C1CN=C(NC(=O)c2cc(Cl)cc(OCc3ccccc3)c2)S1. The van der Waals surface area contributed by atoms with E-state index in [9.17, 15) is 9.59 Å². The zero-order valence-electron chi connectivity index (χ0n) is 15.2. The number of benzene rings is 2. The molecular formula is C20H19ClN2O4S. The molecule has 1 heterocycles. The van der Waals surface area contributed by atoms with Gasteiger partial charge >= 0.3 is 5.97 Å². The number of nitrogens with one attached hydrogen (secondary N) is 1. The Kier molecular flexibility index (Phi) is 6.95. The molecule has 2 aromatic carbocycles. The van der Waals surface area contributed by atoms with Gasteiger partial charge in [0.2, 0.25) is 0 Å². The van der Waals surface area contributed by atoms with Crippen LogP contribution in [-0.4, -0.2) is 35.4 Å². The number of hydrogen-bond acceptors (Lipinski definition) is 6. The number of rotatable bonds is 6. The summed E-state index contributed by atoms with van der Waals surface area (Å²) in [5.41, 5.74) is 1.36. The number of ether oxygens (including phenoxy) is 2. The highest BCUT2D eigenvalue weighted by Gasteiger charge is 2.28. The first-order valence-corrected chi connectivity index (χ1v) is 9.97. The van der Waals surface area contributed by atoms with Gasteiger partial charge in [0.1, 0.15) is 17.6 Å². The molecule has 0 radical (unpaired) electrons. The molecule has 1 unspecified atom stereocenters. The van der Waals surface area contributed by atoms with Crippen LogP contribution in [0.3, 0.4) is 0 Å². The molecule has 1 amide bonds. The van der Waals surface area contributed by atoms with E-state index in [4.69, 9.17) is 21.1 Å². The van der Waals surface area contributed by atoms with Crippen LogP contribution in [0.15, 0.2) is 53.5 Å². The zero-order valence-corrected chi connectivity index (χ0v) is 16.8. The first-order valence-electron chi connectivity index (χ1n) is 8.71. The summed E-state index contributed by atoms with van der Waals surface area (Å²) in [4.78, 5) is 28.5. The van der Waals surface area contributed by atoms with Crippen molar-refractivity contribution in [3.8, 4) is 5.75 Å². The normalized spacial score (nSPS) is 15.6. The number of hydrogen-bond donors (Lipinski definition) is 1. The Bertz CT molecular complexity index is 889. The molecule has 28 heavy (non-hydrogen) atoms. The van der Waals surface area contributed by atoms with Crippen LogP contribution in [0.25, 0.3) is 0 Å². The third kappa shape index (κ3) is 5.50. The fraction of sp³-hybridized carbons (Fsp3) is 0.250. The molecule has 0 aromatic heterocycles. The zero-order chi connectivity index (χ0) is 19.9. The molecule has 6 nitrogen and oxygen atoms in total. The van der Waals surface area contributed by atoms with Crippen molar-refractivity contribution >= 4 is 40.4 Å². The quantitative estimate of drug-likeness (QED) is 0.724. The van der Waals surface area contributed by atoms with Gasteiger partial charge < -0.3 is 14.8 Å². The number of nitrogens with zero attached hydrogens (tertiary/aromatic N) is 1. The summed E-state index contributed by atoms with van der Waals surface area (Å²) < 4.78 is 10.7. The van der Waals surface area contributed by atoms with Gasteiger partial charge in [0.05, 0.1) is 13.2 Å². The molecule has 1 N–H and O–H groups in total. The Morgan fingerprint density at radius 1 is 1.25 bits per heavy atom. The maximum absolute atomic E-state index is 12.5. The average Bonchev–Trinajstić information content (AvgIpc) is 3.15. The van der Waals surface area contributed by atoms with E-state index >= 15 is 0 Å². The van der Waals surface area contributed by atoms with E-state index in [1.54, 1.807) is 25.1 Å². The van der Waals surface area contributed by atoms with Crippen molar-refractivity contribution in [3.05, 3.63) is 64.7 Å². The Morgan fingerprint density at radius 3 is 2.79 bits per heavy atom. The predicted octanol–water partition coefficient (Wildman–Crippen LogP) is 3.68. The number of carbonyl (C=O) groups excluding carboxylic acids is 2. The first kappa shape index (κ1) is 20.2. The number of halogens is 1. The third-order valence-electron chi connectivity index (χ3n) is 3.81. The molecular weight excluding hydrogens is 400 g/mol. The molecule has 146 valence electrons. The first-order chi connectivity index (χ1) is 13.5. The van der Waals surface area contributed by atoms with Crippen LogP contribution in [-0.2, 0) is 16.1 Å². The standard InChI is InChI=1S/C20H19ClN2O4S/c1-2-26-19(25)17-11-22-20(28-17)23-18(24)14-8-15(21)10-16(9-14)27-12-13-6-4-3-5-7-13/h3-10,17H,2,11-12H2,1H3,(H,22,23,24). The highest BCUT2D eigenvalue weighted by atomic mass is 35.5. The number of amides is 1. The van der Waals surface area contributed by atoms with Crippen molar-refractivity contribution in [1.82, 2.24) is 5.32 Å². The van der Waals surface area contributed by atoms with Crippen molar-refractivity contribution in [3.63, 3.8) is 0 Å². The Hall–Kier alpha value is -2.51. The molecule has 2 aromatic rings. The number of carbonyl (C=O) groups is 2. The highest BCUT2D eigenvalue weighted by Crippen LogP contribution is 2.24. The lowest BCUT2D eigenvalue weighted by Crippen LogP contribution is -2.28. The lowest BCUT2D eigenvalue weighted by molar-refractivity contribution is -0.142. The largest absolute Gasteiger partial charge is 0.489 e. The van der Waals surface area contributed by atoms with E-state index in [0.717, 1.165) is 5.56 Å². The molecule has 1 aliphatic rings. The number of esters is 1. The monoisotopic (exact) mass is 418 g/mol. The van der Waals surface area contributed by atoms with Crippen LogP contribution in [0.1, 0.15) is 22.8 Å². The Labute approximate surface area is 172 Å². The minimum absolute atomic E-state index is 0.278. The average molecular weight is 419 g/mol. The molecule has 3 rings (SSSR count). The second kappa shape index (κ2) is 9.61. The highest BCUT2D eigenvalue weighted by molar-refractivity contribution is 8.15. The summed E-state index contributed by atoms with van der Waals surface area (Å²) in [6.07, 6.45) is 0. The second-order valence-electron chi connectivity index (χ2n) is 5.91. The van der Waals surface area contributed by atoms with E-state index in [2.05, 4.69) is 10.3 Å². The van der Waals surface area contributed by atoms with Crippen molar-refractivity contribution in [2.24, 2.45) is 4.99 Å². The van der Waals surface area contributed by atoms with E-state index in [-0.39, 0.29) is 18.4 Å². The topological polar surface area (TPSA) is 77.0 Å².